The third kappa shape index (κ3) is 6.05. The second-order valence-electron chi connectivity index (χ2n) is 3.63. The van der Waals surface area contributed by atoms with Crippen molar-refractivity contribution in [3.63, 3.8) is 0 Å². The molecule has 3 nitrogen and oxygen atoms in total. The first-order valence-corrected chi connectivity index (χ1v) is 5.16. The average molecular weight is 252 g/mol. The number of ether oxygens (including phenoxy) is 1. The molecular weight excluding hydrogens is 234 g/mol. The van der Waals surface area contributed by atoms with Crippen molar-refractivity contribution in [2.45, 2.75) is 37.6 Å². The largest absolute Gasteiger partial charge is 0.385 e. The van der Waals surface area contributed by atoms with Gasteiger partial charge in [0, 0.05) is 19.8 Å². The molecular formula is C9H18BrNO2. The van der Waals surface area contributed by atoms with Crippen LogP contribution in [0.2, 0.25) is 0 Å². The van der Waals surface area contributed by atoms with E-state index in [-0.39, 0.29) is 11.9 Å². The predicted octanol–water partition coefficient (Wildman–Crippen LogP) is 1.70. The third-order valence-electron chi connectivity index (χ3n) is 1.67. The van der Waals surface area contributed by atoms with E-state index in [4.69, 9.17) is 4.74 Å². The van der Waals surface area contributed by atoms with Gasteiger partial charge in [0.15, 0.2) is 0 Å². The molecule has 0 spiro atoms. The SMILES string of the molecule is COCCC(C)NC(=O)C(C)(C)Br. The van der Waals surface area contributed by atoms with E-state index in [1.807, 2.05) is 20.8 Å². The molecule has 0 fully saturated rings. The maximum atomic E-state index is 11.4. The van der Waals surface area contributed by atoms with Crippen LogP contribution in [0.15, 0.2) is 0 Å². The Labute approximate surface area is 88.4 Å². The Kier molecular flexibility index (Phi) is 5.56. The molecule has 1 unspecified atom stereocenters. The number of amides is 1. The van der Waals surface area contributed by atoms with Gasteiger partial charge in [-0.1, -0.05) is 15.9 Å². The van der Waals surface area contributed by atoms with Crippen LogP contribution < -0.4 is 5.32 Å². The van der Waals surface area contributed by atoms with Crippen molar-refractivity contribution < 1.29 is 9.53 Å². The molecule has 0 aromatic carbocycles. The fourth-order valence-corrected chi connectivity index (χ4v) is 0.877. The zero-order chi connectivity index (χ0) is 10.5. The van der Waals surface area contributed by atoms with Crippen LogP contribution in [0.5, 0.6) is 0 Å². The number of alkyl halides is 1. The molecule has 78 valence electrons. The Morgan fingerprint density at radius 2 is 2.15 bits per heavy atom. The van der Waals surface area contributed by atoms with Crippen LogP contribution in [-0.2, 0) is 9.53 Å². The molecule has 1 amide bonds. The number of rotatable bonds is 5. The van der Waals surface area contributed by atoms with E-state index in [0.717, 1.165) is 6.42 Å². The molecule has 1 N–H and O–H groups in total. The highest BCUT2D eigenvalue weighted by molar-refractivity contribution is 9.10. The van der Waals surface area contributed by atoms with Crippen LogP contribution in [0.25, 0.3) is 0 Å². The molecule has 4 heteroatoms. The lowest BCUT2D eigenvalue weighted by molar-refractivity contribution is -0.123. The van der Waals surface area contributed by atoms with Gasteiger partial charge >= 0.3 is 0 Å². The minimum absolute atomic E-state index is 0.0103. The quantitative estimate of drug-likeness (QED) is 0.756. The fourth-order valence-electron chi connectivity index (χ4n) is 0.762. The highest BCUT2D eigenvalue weighted by atomic mass is 79.9. The van der Waals surface area contributed by atoms with Gasteiger partial charge in [0.25, 0.3) is 0 Å². The van der Waals surface area contributed by atoms with Crippen LogP contribution in [0.1, 0.15) is 27.2 Å². The van der Waals surface area contributed by atoms with Gasteiger partial charge in [0.05, 0.1) is 4.32 Å². The van der Waals surface area contributed by atoms with Gasteiger partial charge < -0.3 is 10.1 Å². The Morgan fingerprint density at radius 1 is 1.62 bits per heavy atom. The number of carbonyl (C=O) groups excluding carboxylic acids is 1. The molecule has 1 atom stereocenters. The molecule has 0 aliphatic carbocycles. The Hall–Kier alpha value is -0.0900. The normalized spacial score (nSPS) is 13.9. The molecule has 0 aliphatic rings. The van der Waals surface area contributed by atoms with Crippen LogP contribution in [0, 0.1) is 0 Å². The first-order chi connectivity index (χ1) is 5.88. The summed E-state index contributed by atoms with van der Waals surface area (Å²) in [6, 6.07) is 0.157. The van der Waals surface area contributed by atoms with Gasteiger partial charge in [-0.05, 0) is 27.2 Å². The van der Waals surface area contributed by atoms with E-state index in [2.05, 4.69) is 21.2 Å². The number of nitrogens with one attached hydrogen (secondary N) is 1. The van der Waals surface area contributed by atoms with Gasteiger partial charge in [-0.3, -0.25) is 4.79 Å². The molecule has 0 heterocycles. The molecule has 0 aliphatic heterocycles. The van der Waals surface area contributed by atoms with Crippen LogP contribution in [0.4, 0.5) is 0 Å². The molecule has 0 saturated heterocycles. The van der Waals surface area contributed by atoms with Crippen molar-refractivity contribution in [2.24, 2.45) is 0 Å². The lowest BCUT2D eigenvalue weighted by atomic mass is 10.1. The summed E-state index contributed by atoms with van der Waals surface area (Å²) in [7, 11) is 1.66. The van der Waals surface area contributed by atoms with Gasteiger partial charge in [0.1, 0.15) is 0 Å². The lowest BCUT2D eigenvalue weighted by Crippen LogP contribution is -2.42. The van der Waals surface area contributed by atoms with Crippen LogP contribution >= 0.6 is 15.9 Å². The van der Waals surface area contributed by atoms with Gasteiger partial charge in [-0.2, -0.15) is 0 Å². The van der Waals surface area contributed by atoms with E-state index in [1.165, 1.54) is 0 Å². The van der Waals surface area contributed by atoms with Gasteiger partial charge in [-0.25, -0.2) is 0 Å². The van der Waals surface area contributed by atoms with E-state index in [0.29, 0.717) is 6.61 Å². The molecule has 0 aromatic heterocycles. The zero-order valence-corrected chi connectivity index (χ0v) is 10.3. The van der Waals surface area contributed by atoms with Crippen LogP contribution in [-0.4, -0.2) is 30.0 Å². The highest BCUT2D eigenvalue weighted by Crippen LogP contribution is 2.15. The standard InChI is InChI=1S/C9H18BrNO2/c1-7(5-6-13-4)11-8(12)9(2,3)10/h7H,5-6H2,1-4H3,(H,11,12). The number of halogens is 1. The molecule has 0 aromatic rings. The van der Waals surface area contributed by atoms with Crippen LogP contribution in [0.3, 0.4) is 0 Å². The summed E-state index contributed by atoms with van der Waals surface area (Å²) in [4.78, 5) is 11.4. The average Bonchev–Trinajstić information content (AvgIpc) is 1.99. The van der Waals surface area contributed by atoms with Crippen molar-refractivity contribution >= 4 is 21.8 Å². The Morgan fingerprint density at radius 3 is 2.54 bits per heavy atom. The van der Waals surface area contributed by atoms with E-state index in [1.54, 1.807) is 7.11 Å². The highest BCUT2D eigenvalue weighted by Gasteiger charge is 2.24. The molecule has 0 saturated carbocycles. The lowest BCUT2D eigenvalue weighted by Gasteiger charge is -2.20. The van der Waals surface area contributed by atoms with Gasteiger partial charge in [0.2, 0.25) is 5.91 Å². The predicted molar refractivity (Wildman–Crippen MR) is 57.1 cm³/mol. The number of hydrogen-bond acceptors (Lipinski definition) is 2. The second kappa shape index (κ2) is 5.60. The summed E-state index contributed by atoms with van der Waals surface area (Å²) in [5.74, 6) is 0.0103. The number of methoxy groups -OCH3 is 1. The van der Waals surface area contributed by atoms with Gasteiger partial charge in [-0.15, -0.1) is 0 Å². The van der Waals surface area contributed by atoms with E-state index >= 15 is 0 Å². The van der Waals surface area contributed by atoms with E-state index in [9.17, 15) is 4.79 Å². The first-order valence-electron chi connectivity index (χ1n) is 4.36. The number of carbonyl (C=O) groups is 1. The topological polar surface area (TPSA) is 38.3 Å². The molecule has 0 rings (SSSR count). The summed E-state index contributed by atoms with van der Waals surface area (Å²) in [6.45, 7) is 6.29. The summed E-state index contributed by atoms with van der Waals surface area (Å²) in [5, 5.41) is 2.89. The molecule has 0 bridgehead atoms. The van der Waals surface area contributed by atoms with E-state index < -0.39 is 4.32 Å². The summed E-state index contributed by atoms with van der Waals surface area (Å²) in [5.41, 5.74) is 0. The van der Waals surface area contributed by atoms with Crippen molar-refractivity contribution in [3.8, 4) is 0 Å². The summed E-state index contributed by atoms with van der Waals surface area (Å²) < 4.78 is 4.42. The minimum Gasteiger partial charge on any atom is -0.385 e. The van der Waals surface area contributed by atoms with Crippen molar-refractivity contribution in [3.05, 3.63) is 0 Å². The first kappa shape index (κ1) is 12.9. The second-order valence-corrected chi connectivity index (χ2v) is 5.61. The smallest absolute Gasteiger partial charge is 0.236 e. The molecule has 0 radical (unpaired) electrons. The Balaban J connectivity index is 3.79. The fraction of sp³-hybridized carbons (Fsp3) is 0.889. The maximum absolute atomic E-state index is 11.4. The zero-order valence-electron chi connectivity index (χ0n) is 8.69. The summed E-state index contributed by atoms with van der Waals surface area (Å²) >= 11 is 3.30. The third-order valence-corrected chi connectivity index (χ3v) is 2.03. The monoisotopic (exact) mass is 251 g/mol. The summed E-state index contributed by atoms with van der Waals surface area (Å²) in [6.07, 6.45) is 0.839. The minimum atomic E-state index is -0.492. The number of hydrogen-bond donors (Lipinski definition) is 1. The maximum Gasteiger partial charge on any atom is 0.236 e. The van der Waals surface area contributed by atoms with Crippen molar-refractivity contribution in [1.29, 1.82) is 0 Å². The van der Waals surface area contributed by atoms with Crippen molar-refractivity contribution in [2.75, 3.05) is 13.7 Å². The van der Waals surface area contributed by atoms with Crippen molar-refractivity contribution in [1.82, 2.24) is 5.32 Å². The molecule has 13 heavy (non-hydrogen) atoms. The Bertz CT molecular complexity index is 165.